The summed E-state index contributed by atoms with van der Waals surface area (Å²) in [6.07, 6.45) is 5.92. The number of furan rings is 2. The quantitative estimate of drug-likeness (QED) is 0.687. The molecule has 0 aliphatic heterocycles. The van der Waals surface area contributed by atoms with Gasteiger partial charge in [-0.15, -0.1) is 0 Å². The predicted octanol–water partition coefficient (Wildman–Crippen LogP) is 4.09. The zero-order valence-electron chi connectivity index (χ0n) is 13.5. The standard InChI is InChI=1S/C19H16N2O4/c1-13-6-7-14(20-19(23)17-5-3-11-25-17)12-16(13)21-18(22)9-8-15-4-2-10-24-15/h2-12H,1H3,(H,20,23)(H,21,22)/b9-8+. The summed E-state index contributed by atoms with van der Waals surface area (Å²) in [5.41, 5.74) is 2.03. The fourth-order valence-electron chi connectivity index (χ4n) is 2.15. The minimum Gasteiger partial charge on any atom is -0.465 e. The number of carbonyl (C=O) groups excluding carboxylic acids is 2. The van der Waals surface area contributed by atoms with Gasteiger partial charge in [-0.1, -0.05) is 6.07 Å². The van der Waals surface area contributed by atoms with Gasteiger partial charge in [-0.2, -0.15) is 0 Å². The lowest BCUT2D eigenvalue weighted by Crippen LogP contribution is -2.12. The van der Waals surface area contributed by atoms with E-state index in [9.17, 15) is 9.59 Å². The molecule has 0 radical (unpaired) electrons. The maximum absolute atomic E-state index is 12.0. The van der Waals surface area contributed by atoms with Gasteiger partial charge in [0.2, 0.25) is 5.91 Å². The van der Waals surface area contributed by atoms with E-state index in [1.165, 1.54) is 18.6 Å². The third kappa shape index (κ3) is 4.26. The zero-order chi connectivity index (χ0) is 17.6. The van der Waals surface area contributed by atoms with Crippen LogP contribution in [0.5, 0.6) is 0 Å². The van der Waals surface area contributed by atoms with Crippen LogP contribution in [0.1, 0.15) is 21.9 Å². The number of carbonyl (C=O) groups is 2. The third-order valence-corrected chi connectivity index (χ3v) is 3.44. The fourth-order valence-corrected chi connectivity index (χ4v) is 2.15. The molecule has 0 fully saturated rings. The summed E-state index contributed by atoms with van der Waals surface area (Å²) in [7, 11) is 0. The lowest BCUT2D eigenvalue weighted by molar-refractivity contribution is -0.111. The molecule has 3 aromatic rings. The Morgan fingerprint density at radius 3 is 2.52 bits per heavy atom. The highest BCUT2D eigenvalue weighted by Crippen LogP contribution is 2.21. The van der Waals surface area contributed by atoms with Crippen molar-refractivity contribution in [3.63, 3.8) is 0 Å². The number of aryl methyl sites for hydroxylation is 1. The van der Waals surface area contributed by atoms with E-state index in [0.29, 0.717) is 17.1 Å². The molecule has 0 spiro atoms. The summed E-state index contributed by atoms with van der Waals surface area (Å²) in [5.74, 6) is 0.150. The van der Waals surface area contributed by atoms with Crippen molar-refractivity contribution in [2.45, 2.75) is 6.92 Å². The smallest absolute Gasteiger partial charge is 0.291 e. The van der Waals surface area contributed by atoms with Gasteiger partial charge in [0, 0.05) is 17.5 Å². The first kappa shape index (κ1) is 16.3. The molecule has 0 bridgehead atoms. The Labute approximate surface area is 144 Å². The van der Waals surface area contributed by atoms with Crippen molar-refractivity contribution in [1.82, 2.24) is 0 Å². The largest absolute Gasteiger partial charge is 0.465 e. The summed E-state index contributed by atoms with van der Waals surface area (Å²) >= 11 is 0. The molecule has 3 rings (SSSR count). The van der Waals surface area contributed by atoms with Crippen molar-refractivity contribution >= 4 is 29.3 Å². The number of nitrogens with one attached hydrogen (secondary N) is 2. The third-order valence-electron chi connectivity index (χ3n) is 3.44. The minimum atomic E-state index is -0.358. The van der Waals surface area contributed by atoms with Crippen molar-refractivity contribution in [2.75, 3.05) is 10.6 Å². The van der Waals surface area contributed by atoms with Gasteiger partial charge in [-0.25, -0.2) is 0 Å². The summed E-state index contributed by atoms with van der Waals surface area (Å²) in [5, 5.41) is 5.50. The van der Waals surface area contributed by atoms with Gasteiger partial charge >= 0.3 is 0 Å². The van der Waals surface area contributed by atoms with Gasteiger partial charge in [0.05, 0.1) is 12.5 Å². The number of amides is 2. The van der Waals surface area contributed by atoms with Crippen LogP contribution in [0.4, 0.5) is 11.4 Å². The van der Waals surface area contributed by atoms with Crippen molar-refractivity contribution < 1.29 is 18.4 Å². The maximum atomic E-state index is 12.0. The Bertz CT molecular complexity index is 894. The van der Waals surface area contributed by atoms with Crippen LogP contribution in [0, 0.1) is 6.92 Å². The minimum absolute atomic E-state index is 0.215. The molecule has 25 heavy (non-hydrogen) atoms. The van der Waals surface area contributed by atoms with E-state index in [2.05, 4.69) is 10.6 Å². The number of hydrogen-bond donors (Lipinski definition) is 2. The molecule has 0 atom stereocenters. The number of hydrogen-bond acceptors (Lipinski definition) is 4. The van der Waals surface area contributed by atoms with E-state index < -0.39 is 0 Å². The molecule has 1 aromatic carbocycles. The number of benzene rings is 1. The lowest BCUT2D eigenvalue weighted by atomic mass is 10.1. The molecule has 126 valence electrons. The van der Waals surface area contributed by atoms with Gasteiger partial charge in [0.1, 0.15) is 5.76 Å². The van der Waals surface area contributed by atoms with Crippen LogP contribution in [0.15, 0.2) is 69.9 Å². The van der Waals surface area contributed by atoms with Crippen molar-refractivity contribution in [2.24, 2.45) is 0 Å². The Balaban J connectivity index is 1.69. The lowest BCUT2D eigenvalue weighted by Gasteiger charge is -2.10. The summed E-state index contributed by atoms with van der Waals surface area (Å²) in [6, 6.07) is 12.0. The molecule has 2 amide bonds. The van der Waals surface area contributed by atoms with E-state index in [-0.39, 0.29) is 17.6 Å². The molecule has 0 aliphatic rings. The van der Waals surface area contributed by atoms with Gasteiger partial charge in [-0.05, 0) is 55.0 Å². The van der Waals surface area contributed by atoms with Crippen LogP contribution in [-0.4, -0.2) is 11.8 Å². The van der Waals surface area contributed by atoms with E-state index in [4.69, 9.17) is 8.83 Å². The molecular formula is C19H16N2O4. The normalized spacial score (nSPS) is 10.8. The zero-order valence-corrected chi connectivity index (χ0v) is 13.5. The SMILES string of the molecule is Cc1ccc(NC(=O)c2ccco2)cc1NC(=O)/C=C/c1ccco1. The molecule has 2 N–H and O–H groups in total. The second-order valence-corrected chi connectivity index (χ2v) is 5.30. The Morgan fingerprint density at radius 2 is 1.80 bits per heavy atom. The van der Waals surface area contributed by atoms with E-state index in [1.54, 1.807) is 42.5 Å². The Hall–Kier alpha value is -3.54. The summed E-state index contributed by atoms with van der Waals surface area (Å²) in [6.45, 7) is 1.87. The molecule has 0 saturated heterocycles. The first-order chi connectivity index (χ1) is 12.1. The topological polar surface area (TPSA) is 84.5 Å². The monoisotopic (exact) mass is 336 g/mol. The fraction of sp³-hybridized carbons (Fsp3) is 0.0526. The van der Waals surface area contributed by atoms with Gasteiger partial charge in [0.15, 0.2) is 5.76 Å². The van der Waals surface area contributed by atoms with Crippen LogP contribution in [0.25, 0.3) is 6.08 Å². The molecule has 6 heteroatoms. The van der Waals surface area contributed by atoms with E-state index in [1.807, 2.05) is 13.0 Å². The van der Waals surface area contributed by atoms with Crippen molar-refractivity contribution in [1.29, 1.82) is 0 Å². The average Bonchev–Trinajstić information content (AvgIpc) is 3.29. The highest BCUT2D eigenvalue weighted by atomic mass is 16.3. The van der Waals surface area contributed by atoms with Crippen LogP contribution in [0.2, 0.25) is 0 Å². The Morgan fingerprint density at radius 1 is 1.00 bits per heavy atom. The number of rotatable bonds is 5. The molecule has 0 aliphatic carbocycles. The van der Waals surface area contributed by atoms with Crippen LogP contribution in [0.3, 0.4) is 0 Å². The molecule has 0 unspecified atom stereocenters. The summed E-state index contributed by atoms with van der Waals surface area (Å²) in [4.78, 5) is 24.1. The first-order valence-electron chi connectivity index (χ1n) is 7.60. The maximum Gasteiger partial charge on any atom is 0.291 e. The molecule has 2 heterocycles. The second kappa shape index (κ2) is 7.35. The van der Waals surface area contributed by atoms with E-state index in [0.717, 1.165) is 5.56 Å². The highest BCUT2D eigenvalue weighted by Gasteiger charge is 2.10. The van der Waals surface area contributed by atoms with E-state index >= 15 is 0 Å². The molecule has 2 aromatic heterocycles. The molecule has 6 nitrogen and oxygen atoms in total. The summed E-state index contributed by atoms with van der Waals surface area (Å²) < 4.78 is 10.2. The second-order valence-electron chi connectivity index (χ2n) is 5.30. The molecule has 0 saturated carbocycles. The first-order valence-corrected chi connectivity index (χ1v) is 7.60. The van der Waals surface area contributed by atoms with Crippen molar-refractivity contribution in [3.8, 4) is 0 Å². The predicted molar refractivity (Wildman–Crippen MR) is 94.2 cm³/mol. The average molecular weight is 336 g/mol. The highest BCUT2D eigenvalue weighted by molar-refractivity contribution is 6.04. The van der Waals surface area contributed by atoms with Crippen LogP contribution < -0.4 is 10.6 Å². The Kier molecular flexibility index (Phi) is 4.80. The molecular weight excluding hydrogens is 320 g/mol. The van der Waals surface area contributed by atoms with Gasteiger partial charge < -0.3 is 19.5 Å². The van der Waals surface area contributed by atoms with Gasteiger partial charge in [-0.3, -0.25) is 9.59 Å². The van der Waals surface area contributed by atoms with Crippen molar-refractivity contribution in [3.05, 3.63) is 78.2 Å². The number of anilines is 2. The van der Waals surface area contributed by atoms with Crippen LogP contribution in [-0.2, 0) is 4.79 Å². The van der Waals surface area contributed by atoms with Crippen LogP contribution >= 0.6 is 0 Å². The van der Waals surface area contributed by atoms with Gasteiger partial charge in [0.25, 0.3) is 5.91 Å².